The van der Waals surface area contributed by atoms with E-state index >= 15 is 0 Å². The van der Waals surface area contributed by atoms with E-state index in [-0.39, 0.29) is 6.61 Å². The highest BCUT2D eigenvalue weighted by Gasteiger charge is 2.27. The Kier molecular flexibility index (Phi) is 7.73. The first-order valence-electron chi connectivity index (χ1n) is 7.05. The van der Waals surface area contributed by atoms with E-state index in [1.165, 1.54) is 5.56 Å². The molecule has 0 aromatic heterocycles. The number of aryl methyl sites for hydroxylation is 1. The van der Waals surface area contributed by atoms with Gasteiger partial charge in [-0.3, -0.25) is 4.99 Å². The number of hydrogen-bond donors (Lipinski definition) is 2. The molecule has 1 aromatic rings. The number of ether oxygens (including phenoxy) is 1. The van der Waals surface area contributed by atoms with Crippen molar-refractivity contribution in [3.63, 3.8) is 0 Å². The number of hydrogen-bond acceptors (Lipinski definition) is 2. The maximum atomic E-state index is 11.9. The van der Waals surface area contributed by atoms with Crippen LogP contribution in [0.2, 0.25) is 0 Å². The third-order valence-corrected chi connectivity index (χ3v) is 2.79. The molecule has 1 rings (SSSR count). The summed E-state index contributed by atoms with van der Waals surface area (Å²) in [6.45, 7) is 2.00. The summed E-state index contributed by atoms with van der Waals surface area (Å²) in [5.74, 6) is 0.609. The molecule has 0 heterocycles. The highest BCUT2D eigenvalue weighted by molar-refractivity contribution is 5.79. The Morgan fingerprint density at radius 2 is 2.05 bits per heavy atom. The minimum atomic E-state index is -4.27. The van der Waals surface area contributed by atoms with Gasteiger partial charge >= 0.3 is 6.18 Å². The van der Waals surface area contributed by atoms with Gasteiger partial charge in [-0.25, -0.2) is 0 Å². The molecule has 0 bridgehead atoms. The van der Waals surface area contributed by atoms with Gasteiger partial charge in [0.05, 0.1) is 0 Å². The average molecular weight is 317 g/mol. The molecule has 4 nitrogen and oxygen atoms in total. The summed E-state index contributed by atoms with van der Waals surface area (Å²) in [7, 11) is 1.64. The molecular formula is C15H22F3N3O. The maximum absolute atomic E-state index is 11.9. The molecule has 0 aliphatic heterocycles. The summed E-state index contributed by atoms with van der Waals surface area (Å²) in [5.41, 5.74) is 2.32. The van der Waals surface area contributed by atoms with Crippen LogP contribution < -0.4 is 10.6 Å². The topological polar surface area (TPSA) is 45.7 Å². The fourth-order valence-corrected chi connectivity index (χ4v) is 1.80. The van der Waals surface area contributed by atoms with E-state index in [2.05, 4.69) is 26.4 Å². The van der Waals surface area contributed by atoms with Gasteiger partial charge in [0.15, 0.2) is 5.96 Å². The molecule has 0 unspecified atom stereocenters. The molecule has 0 aliphatic rings. The highest BCUT2D eigenvalue weighted by Crippen LogP contribution is 2.14. The first-order chi connectivity index (χ1) is 10.4. The molecule has 2 N–H and O–H groups in total. The van der Waals surface area contributed by atoms with Crippen LogP contribution in [0.4, 0.5) is 13.2 Å². The molecule has 0 spiro atoms. The second kappa shape index (κ2) is 9.30. The second-order valence-electron chi connectivity index (χ2n) is 4.86. The third kappa shape index (κ3) is 8.51. The Bertz CT molecular complexity index is 475. The van der Waals surface area contributed by atoms with Gasteiger partial charge in [-0.05, 0) is 18.9 Å². The van der Waals surface area contributed by atoms with Gasteiger partial charge in [0.1, 0.15) is 6.61 Å². The zero-order chi connectivity index (χ0) is 16.4. The molecule has 1 aromatic carbocycles. The van der Waals surface area contributed by atoms with Crippen LogP contribution >= 0.6 is 0 Å². The van der Waals surface area contributed by atoms with E-state index < -0.39 is 12.8 Å². The minimum Gasteiger partial charge on any atom is -0.372 e. The number of guanidine groups is 1. The van der Waals surface area contributed by atoms with Crippen molar-refractivity contribution in [1.82, 2.24) is 10.6 Å². The lowest BCUT2D eigenvalue weighted by Crippen LogP contribution is -2.37. The van der Waals surface area contributed by atoms with Crippen LogP contribution in [0.15, 0.2) is 29.3 Å². The van der Waals surface area contributed by atoms with E-state index in [4.69, 9.17) is 0 Å². The molecule has 0 radical (unpaired) electrons. The molecule has 0 amide bonds. The van der Waals surface area contributed by atoms with Gasteiger partial charge in [0.25, 0.3) is 0 Å². The number of rotatable bonds is 7. The predicted octanol–water partition coefficient (Wildman–Crippen LogP) is 2.63. The lowest BCUT2D eigenvalue weighted by Gasteiger charge is -2.12. The normalized spacial score (nSPS) is 12.3. The fraction of sp³-hybridized carbons (Fsp3) is 0.533. The van der Waals surface area contributed by atoms with E-state index in [0.717, 1.165) is 5.56 Å². The van der Waals surface area contributed by atoms with E-state index in [9.17, 15) is 13.2 Å². The summed E-state index contributed by atoms with van der Waals surface area (Å²) in [5, 5.41) is 6.18. The van der Waals surface area contributed by atoms with Crippen LogP contribution in [0, 0.1) is 6.92 Å². The third-order valence-electron chi connectivity index (χ3n) is 2.79. The van der Waals surface area contributed by atoms with Gasteiger partial charge in [0.2, 0.25) is 0 Å². The van der Waals surface area contributed by atoms with Crippen molar-refractivity contribution in [3.05, 3.63) is 35.4 Å². The predicted molar refractivity (Wildman–Crippen MR) is 80.9 cm³/mol. The molecule has 0 saturated carbocycles. The molecule has 0 fully saturated rings. The Balaban J connectivity index is 2.18. The Labute approximate surface area is 128 Å². The molecule has 124 valence electrons. The smallest absolute Gasteiger partial charge is 0.372 e. The van der Waals surface area contributed by atoms with Gasteiger partial charge in [-0.1, -0.05) is 29.8 Å². The zero-order valence-electron chi connectivity index (χ0n) is 12.8. The molecule has 0 aliphatic carbocycles. The van der Waals surface area contributed by atoms with Crippen molar-refractivity contribution in [3.8, 4) is 0 Å². The largest absolute Gasteiger partial charge is 0.411 e. The monoisotopic (exact) mass is 317 g/mol. The van der Waals surface area contributed by atoms with Gasteiger partial charge in [-0.2, -0.15) is 13.2 Å². The summed E-state index contributed by atoms with van der Waals surface area (Å²) in [6.07, 6.45) is -3.79. The van der Waals surface area contributed by atoms with E-state index in [1.807, 2.05) is 25.1 Å². The SMILES string of the molecule is CN=C(NCCCOCC(F)(F)F)NCc1cccc(C)c1. The number of alkyl halides is 3. The number of nitrogens with one attached hydrogen (secondary N) is 2. The molecule has 22 heavy (non-hydrogen) atoms. The molecule has 0 saturated heterocycles. The van der Waals surface area contributed by atoms with Crippen molar-refractivity contribution in [2.24, 2.45) is 4.99 Å². The first kappa shape index (κ1) is 18.3. The quantitative estimate of drug-likeness (QED) is 0.462. The van der Waals surface area contributed by atoms with Crippen molar-refractivity contribution in [2.75, 3.05) is 26.8 Å². The van der Waals surface area contributed by atoms with Crippen LogP contribution in [0.3, 0.4) is 0 Å². The summed E-state index contributed by atoms with van der Waals surface area (Å²) in [6, 6.07) is 8.10. The molecule has 7 heteroatoms. The van der Waals surface area contributed by atoms with Crippen LogP contribution in [0.1, 0.15) is 17.5 Å². The molecular weight excluding hydrogens is 295 g/mol. The Morgan fingerprint density at radius 1 is 1.27 bits per heavy atom. The Hall–Kier alpha value is -1.76. The number of halogens is 3. The standard InChI is InChI=1S/C15H22F3N3O/c1-12-5-3-6-13(9-12)10-21-14(19-2)20-7-4-8-22-11-15(16,17)18/h3,5-6,9H,4,7-8,10-11H2,1-2H3,(H2,19,20,21). The van der Waals surface area contributed by atoms with Crippen molar-refractivity contribution < 1.29 is 17.9 Å². The van der Waals surface area contributed by atoms with Crippen LogP contribution in [-0.2, 0) is 11.3 Å². The second-order valence-corrected chi connectivity index (χ2v) is 4.86. The van der Waals surface area contributed by atoms with Crippen molar-refractivity contribution >= 4 is 5.96 Å². The van der Waals surface area contributed by atoms with Crippen LogP contribution in [-0.4, -0.2) is 38.9 Å². The minimum absolute atomic E-state index is 0.0569. The lowest BCUT2D eigenvalue weighted by atomic mass is 10.1. The van der Waals surface area contributed by atoms with Gasteiger partial charge < -0.3 is 15.4 Å². The maximum Gasteiger partial charge on any atom is 0.411 e. The number of aliphatic imine (C=N–C) groups is 1. The molecule has 0 atom stereocenters. The summed E-state index contributed by atoms with van der Waals surface area (Å²) >= 11 is 0. The number of benzene rings is 1. The number of nitrogens with zero attached hydrogens (tertiary/aromatic N) is 1. The van der Waals surface area contributed by atoms with Gasteiger partial charge in [-0.15, -0.1) is 0 Å². The van der Waals surface area contributed by atoms with Gasteiger partial charge in [0, 0.05) is 26.7 Å². The van der Waals surface area contributed by atoms with Crippen LogP contribution in [0.25, 0.3) is 0 Å². The van der Waals surface area contributed by atoms with Crippen molar-refractivity contribution in [1.29, 1.82) is 0 Å². The Morgan fingerprint density at radius 3 is 2.68 bits per heavy atom. The summed E-state index contributed by atoms with van der Waals surface area (Å²) in [4.78, 5) is 4.06. The van der Waals surface area contributed by atoms with E-state index in [0.29, 0.717) is 25.5 Å². The summed E-state index contributed by atoms with van der Waals surface area (Å²) < 4.78 is 40.1. The van der Waals surface area contributed by atoms with Crippen molar-refractivity contribution in [2.45, 2.75) is 26.1 Å². The average Bonchev–Trinajstić information content (AvgIpc) is 2.44. The fourth-order valence-electron chi connectivity index (χ4n) is 1.80. The van der Waals surface area contributed by atoms with Crippen LogP contribution in [0.5, 0.6) is 0 Å². The van der Waals surface area contributed by atoms with E-state index in [1.54, 1.807) is 7.05 Å². The zero-order valence-corrected chi connectivity index (χ0v) is 12.8. The first-order valence-corrected chi connectivity index (χ1v) is 7.05. The highest BCUT2D eigenvalue weighted by atomic mass is 19.4. The lowest BCUT2D eigenvalue weighted by molar-refractivity contribution is -0.173.